The number of carbonyl (C=O) groups is 1. The van der Waals surface area contributed by atoms with Crippen molar-refractivity contribution in [2.24, 2.45) is 0 Å². The summed E-state index contributed by atoms with van der Waals surface area (Å²) in [5, 5.41) is 0. The monoisotopic (exact) mass is 241 g/mol. The molecule has 1 aromatic heterocycles. The molecular weight excluding hydrogens is 226 g/mol. The summed E-state index contributed by atoms with van der Waals surface area (Å²) in [6, 6.07) is 11.1. The number of nitrogens with zero attached hydrogens (tertiary/aromatic N) is 2. The van der Waals surface area contributed by atoms with Gasteiger partial charge in [0, 0.05) is 18.9 Å². The molecule has 4 nitrogen and oxygen atoms in total. The number of rotatable bonds is 2. The van der Waals surface area contributed by atoms with Crippen LogP contribution in [0.5, 0.6) is 0 Å². The van der Waals surface area contributed by atoms with Gasteiger partial charge in [0.05, 0.1) is 5.69 Å². The second-order valence-electron chi connectivity index (χ2n) is 4.09. The van der Waals surface area contributed by atoms with Gasteiger partial charge < -0.3 is 10.6 Å². The van der Waals surface area contributed by atoms with Crippen molar-refractivity contribution in [2.45, 2.75) is 6.92 Å². The second-order valence-corrected chi connectivity index (χ2v) is 4.09. The van der Waals surface area contributed by atoms with Crippen molar-refractivity contribution >= 4 is 17.3 Å². The lowest BCUT2D eigenvalue weighted by molar-refractivity contribution is 0.0989. The number of pyridine rings is 1. The Hall–Kier alpha value is -2.36. The highest BCUT2D eigenvalue weighted by atomic mass is 16.2. The van der Waals surface area contributed by atoms with Crippen LogP contribution in [0.15, 0.2) is 42.6 Å². The zero-order chi connectivity index (χ0) is 13.1. The third-order valence-corrected chi connectivity index (χ3v) is 2.82. The van der Waals surface area contributed by atoms with Gasteiger partial charge in [0.2, 0.25) is 0 Å². The first kappa shape index (κ1) is 12.1. The molecule has 0 atom stereocenters. The average Bonchev–Trinajstić information content (AvgIpc) is 2.38. The molecule has 2 aromatic rings. The van der Waals surface area contributed by atoms with E-state index in [0.29, 0.717) is 5.69 Å². The molecule has 1 aromatic carbocycles. The van der Waals surface area contributed by atoms with E-state index >= 15 is 0 Å². The summed E-state index contributed by atoms with van der Waals surface area (Å²) in [7, 11) is 1.72. The summed E-state index contributed by atoms with van der Waals surface area (Å²) in [6.07, 6.45) is 1.56. The number of aromatic nitrogens is 1. The fraction of sp³-hybridized carbons (Fsp3) is 0.143. The lowest BCUT2D eigenvalue weighted by atomic mass is 10.1. The summed E-state index contributed by atoms with van der Waals surface area (Å²) < 4.78 is 0. The third-order valence-electron chi connectivity index (χ3n) is 2.82. The Balaban J connectivity index is 2.36. The van der Waals surface area contributed by atoms with Crippen LogP contribution in [0.4, 0.5) is 11.4 Å². The normalized spacial score (nSPS) is 10.1. The van der Waals surface area contributed by atoms with Crippen molar-refractivity contribution in [1.29, 1.82) is 0 Å². The average molecular weight is 241 g/mol. The van der Waals surface area contributed by atoms with Gasteiger partial charge in [0.1, 0.15) is 0 Å². The summed E-state index contributed by atoms with van der Waals surface area (Å²) >= 11 is 0. The number of nitrogen functional groups attached to an aromatic ring is 1. The molecular formula is C14H15N3O. The maximum Gasteiger partial charge on any atom is 0.278 e. The van der Waals surface area contributed by atoms with Crippen LogP contribution >= 0.6 is 0 Å². The van der Waals surface area contributed by atoms with Crippen LogP contribution < -0.4 is 10.6 Å². The minimum Gasteiger partial charge on any atom is -0.397 e. The second kappa shape index (κ2) is 4.87. The van der Waals surface area contributed by atoms with E-state index in [0.717, 1.165) is 11.3 Å². The minimum absolute atomic E-state index is 0.206. The molecule has 0 saturated carbocycles. The van der Waals surface area contributed by atoms with Gasteiger partial charge in [-0.25, -0.2) is 4.98 Å². The number of amides is 1. The van der Waals surface area contributed by atoms with Crippen LogP contribution in [0, 0.1) is 6.92 Å². The standard InChI is InChI=1S/C14H15N3O/c1-10-6-3-4-8-12(10)17(2)14(18)13-11(15)7-5-9-16-13/h3-9H,15H2,1-2H3. The number of anilines is 2. The lowest BCUT2D eigenvalue weighted by Crippen LogP contribution is -2.28. The molecule has 1 amide bonds. The van der Waals surface area contributed by atoms with Gasteiger partial charge in [0.25, 0.3) is 5.91 Å². The third kappa shape index (κ3) is 2.18. The Bertz CT molecular complexity index is 581. The summed E-state index contributed by atoms with van der Waals surface area (Å²) in [5.41, 5.74) is 8.32. The summed E-state index contributed by atoms with van der Waals surface area (Å²) in [4.78, 5) is 17.9. The zero-order valence-electron chi connectivity index (χ0n) is 10.4. The van der Waals surface area contributed by atoms with E-state index < -0.39 is 0 Å². The zero-order valence-corrected chi connectivity index (χ0v) is 10.4. The number of hydrogen-bond acceptors (Lipinski definition) is 3. The topological polar surface area (TPSA) is 59.2 Å². The molecule has 2 N–H and O–H groups in total. The molecule has 0 aliphatic rings. The summed E-state index contributed by atoms with van der Waals surface area (Å²) in [5.74, 6) is -0.206. The molecule has 0 spiro atoms. The fourth-order valence-electron chi connectivity index (χ4n) is 1.80. The van der Waals surface area contributed by atoms with Gasteiger partial charge in [-0.2, -0.15) is 0 Å². The van der Waals surface area contributed by atoms with E-state index in [1.807, 2.05) is 31.2 Å². The van der Waals surface area contributed by atoms with Gasteiger partial charge in [-0.1, -0.05) is 18.2 Å². The smallest absolute Gasteiger partial charge is 0.278 e. The first-order valence-electron chi connectivity index (χ1n) is 5.65. The highest BCUT2D eigenvalue weighted by Gasteiger charge is 2.18. The van der Waals surface area contributed by atoms with Crippen molar-refractivity contribution in [3.05, 3.63) is 53.9 Å². The number of nitrogens with two attached hydrogens (primary N) is 1. The Morgan fingerprint density at radius 3 is 2.61 bits per heavy atom. The van der Waals surface area contributed by atoms with Crippen molar-refractivity contribution < 1.29 is 4.79 Å². The van der Waals surface area contributed by atoms with E-state index in [4.69, 9.17) is 5.73 Å². The van der Waals surface area contributed by atoms with Crippen LogP contribution in [-0.2, 0) is 0 Å². The molecule has 0 aliphatic heterocycles. The van der Waals surface area contributed by atoms with Crippen molar-refractivity contribution in [3.8, 4) is 0 Å². The van der Waals surface area contributed by atoms with Crippen LogP contribution in [0.25, 0.3) is 0 Å². The maximum absolute atomic E-state index is 12.3. The minimum atomic E-state index is -0.206. The molecule has 0 unspecified atom stereocenters. The maximum atomic E-state index is 12.3. The molecule has 18 heavy (non-hydrogen) atoms. The number of benzene rings is 1. The number of para-hydroxylation sites is 1. The Labute approximate surface area is 106 Å². The predicted octanol–water partition coefficient (Wildman–Crippen LogP) is 2.25. The lowest BCUT2D eigenvalue weighted by Gasteiger charge is -2.19. The number of carbonyl (C=O) groups excluding carboxylic acids is 1. The Kier molecular flexibility index (Phi) is 3.28. The predicted molar refractivity (Wildman–Crippen MR) is 72.6 cm³/mol. The quantitative estimate of drug-likeness (QED) is 0.877. The van der Waals surface area contributed by atoms with Crippen molar-refractivity contribution in [2.75, 3.05) is 17.7 Å². The molecule has 92 valence electrons. The molecule has 0 fully saturated rings. The Morgan fingerprint density at radius 2 is 1.94 bits per heavy atom. The van der Waals surface area contributed by atoms with E-state index in [2.05, 4.69) is 4.98 Å². The summed E-state index contributed by atoms with van der Waals surface area (Å²) in [6.45, 7) is 1.96. The van der Waals surface area contributed by atoms with Crippen molar-refractivity contribution in [1.82, 2.24) is 4.98 Å². The number of aryl methyl sites for hydroxylation is 1. The van der Waals surface area contributed by atoms with Crippen LogP contribution in [-0.4, -0.2) is 17.9 Å². The van der Waals surface area contributed by atoms with E-state index in [9.17, 15) is 4.79 Å². The van der Waals surface area contributed by atoms with Gasteiger partial charge in [-0.05, 0) is 30.7 Å². The van der Waals surface area contributed by atoms with Gasteiger partial charge >= 0.3 is 0 Å². The molecule has 0 saturated heterocycles. The van der Waals surface area contributed by atoms with Crippen LogP contribution in [0.1, 0.15) is 16.1 Å². The Morgan fingerprint density at radius 1 is 1.22 bits per heavy atom. The van der Waals surface area contributed by atoms with Gasteiger partial charge in [0.15, 0.2) is 5.69 Å². The highest BCUT2D eigenvalue weighted by molar-refractivity contribution is 6.07. The molecule has 4 heteroatoms. The van der Waals surface area contributed by atoms with E-state index in [1.54, 1.807) is 30.3 Å². The molecule has 0 bridgehead atoms. The van der Waals surface area contributed by atoms with Crippen LogP contribution in [0.3, 0.4) is 0 Å². The van der Waals surface area contributed by atoms with Gasteiger partial charge in [-0.15, -0.1) is 0 Å². The first-order valence-corrected chi connectivity index (χ1v) is 5.65. The van der Waals surface area contributed by atoms with E-state index in [1.165, 1.54) is 0 Å². The molecule has 2 rings (SSSR count). The largest absolute Gasteiger partial charge is 0.397 e. The van der Waals surface area contributed by atoms with Crippen molar-refractivity contribution in [3.63, 3.8) is 0 Å². The first-order chi connectivity index (χ1) is 8.61. The molecule has 0 aliphatic carbocycles. The van der Waals surface area contributed by atoms with E-state index in [-0.39, 0.29) is 11.6 Å². The molecule has 0 radical (unpaired) electrons. The van der Waals surface area contributed by atoms with Gasteiger partial charge in [-0.3, -0.25) is 4.79 Å². The fourth-order valence-corrected chi connectivity index (χ4v) is 1.80. The molecule has 1 heterocycles. The highest BCUT2D eigenvalue weighted by Crippen LogP contribution is 2.20. The SMILES string of the molecule is Cc1ccccc1N(C)C(=O)c1ncccc1N. The number of hydrogen-bond donors (Lipinski definition) is 1. The van der Waals surface area contributed by atoms with Crippen LogP contribution in [0.2, 0.25) is 0 Å².